The summed E-state index contributed by atoms with van der Waals surface area (Å²) in [6, 6.07) is 46.7. The van der Waals surface area contributed by atoms with Gasteiger partial charge >= 0.3 is 0 Å². The monoisotopic (exact) mass is 725 g/mol. The highest BCUT2D eigenvalue weighted by Crippen LogP contribution is 2.53. The quantitative estimate of drug-likeness (QED) is 0.154. The van der Waals surface area contributed by atoms with Crippen molar-refractivity contribution in [1.82, 2.24) is 24.5 Å². The average Bonchev–Trinajstić information content (AvgIpc) is 3.91. The van der Waals surface area contributed by atoms with E-state index >= 15 is 0 Å². The standard InChI is InChI=1S/C49H35N5S/c1-5-35(26-30(2)46-51-47(31-14-8-6-9-15-31)53-48(52-46)32-16-10-7-11-17-32)54-42-19-13-12-18-36(42)37-27-34(21-25-43(37)54)33-20-22-39-38(28-33)44-40(49(39,3)4)23-24-41-45(44)55-29-50-41/h5-29H,1-2H2,3-4H3/b35-26+. The summed E-state index contributed by atoms with van der Waals surface area (Å²) < 4.78 is 3.52. The van der Waals surface area contributed by atoms with E-state index in [4.69, 9.17) is 15.0 Å². The summed E-state index contributed by atoms with van der Waals surface area (Å²) in [5.74, 6) is 1.70. The number of rotatable bonds is 7. The first-order valence-corrected chi connectivity index (χ1v) is 19.2. The Morgan fingerprint density at radius 3 is 2.02 bits per heavy atom. The second-order valence-electron chi connectivity index (χ2n) is 14.5. The van der Waals surface area contributed by atoms with Crippen LogP contribution in [0.2, 0.25) is 0 Å². The summed E-state index contributed by atoms with van der Waals surface area (Å²) in [5, 5.41) is 2.32. The molecule has 0 fully saturated rings. The van der Waals surface area contributed by atoms with Crippen LogP contribution in [0, 0.1) is 0 Å². The molecule has 0 bridgehead atoms. The molecule has 3 aromatic heterocycles. The summed E-state index contributed by atoms with van der Waals surface area (Å²) in [6.07, 6.45) is 3.90. The second kappa shape index (κ2) is 12.7. The molecule has 0 radical (unpaired) electrons. The van der Waals surface area contributed by atoms with Gasteiger partial charge in [-0.3, -0.25) is 0 Å². The molecular weight excluding hydrogens is 691 g/mol. The van der Waals surface area contributed by atoms with Gasteiger partial charge in [-0.25, -0.2) is 19.9 Å². The third kappa shape index (κ3) is 5.29. The summed E-state index contributed by atoms with van der Waals surface area (Å²) in [4.78, 5) is 19.3. The summed E-state index contributed by atoms with van der Waals surface area (Å²) in [5.41, 5.74) is 16.2. The van der Waals surface area contributed by atoms with Crippen LogP contribution in [-0.4, -0.2) is 24.5 Å². The SMILES string of the molecule is C=C/C(=C\C(=C)c1nc(-c2ccccc2)nc(-c2ccccc2)n1)n1c2ccccc2c2cc(-c3ccc4c(c3)-c3c(ccc5ncsc35)C4(C)C)ccc21. The lowest BCUT2D eigenvalue weighted by Gasteiger charge is -2.21. The smallest absolute Gasteiger partial charge is 0.164 e. The van der Waals surface area contributed by atoms with E-state index in [1.165, 1.54) is 38.1 Å². The van der Waals surface area contributed by atoms with Crippen molar-refractivity contribution in [2.45, 2.75) is 19.3 Å². The number of hydrogen-bond acceptors (Lipinski definition) is 5. The number of para-hydroxylation sites is 1. The highest BCUT2D eigenvalue weighted by molar-refractivity contribution is 7.17. The zero-order valence-corrected chi connectivity index (χ0v) is 31.3. The van der Waals surface area contributed by atoms with E-state index in [-0.39, 0.29) is 5.41 Å². The molecule has 0 saturated heterocycles. The van der Waals surface area contributed by atoms with Crippen LogP contribution in [0.1, 0.15) is 30.8 Å². The van der Waals surface area contributed by atoms with Gasteiger partial charge in [-0.05, 0) is 70.3 Å². The highest BCUT2D eigenvalue weighted by Gasteiger charge is 2.37. The fraction of sp³-hybridized carbons (Fsp3) is 0.0612. The molecule has 0 amide bonds. The fourth-order valence-corrected chi connectivity index (χ4v) is 9.03. The maximum atomic E-state index is 4.92. The van der Waals surface area contributed by atoms with Crippen LogP contribution in [0.3, 0.4) is 0 Å². The molecule has 0 aliphatic heterocycles. The molecule has 0 atom stereocenters. The predicted molar refractivity (Wildman–Crippen MR) is 230 cm³/mol. The molecule has 5 nitrogen and oxygen atoms in total. The van der Waals surface area contributed by atoms with Crippen molar-refractivity contribution in [1.29, 1.82) is 0 Å². The lowest BCUT2D eigenvalue weighted by Crippen LogP contribution is -2.14. The third-order valence-corrected chi connectivity index (χ3v) is 11.8. The van der Waals surface area contributed by atoms with E-state index in [0.717, 1.165) is 44.1 Å². The van der Waals surface area contributed by atoms with Crippen molar-refractivity contribution in [2.24, 2.45) is 0 Å². The fourth-order valence-electron chi connectivity index (χ4n) is 8.18. The van der Waals surface area contributed by atoms with E-state index in [1.807, 2.05) is 78.3 Å². The Kier molecular flexibility index (Phi) is 7.58. The Bertz CT molecular complexity index is 2980. The third-order valence-electron chi connectivity index (χ3n) is 10.9. The lowest BCUT2D eigenvalue weighted by molar-refractivity contribution is 0.661. The van der Waals surface area contributed by atoms with Crippen molar-refractivity contribution < 1.29 is 0 Å². The number of allylic oxidation sites excluding steroid dienone is 4. The molecule has 9 aromatic rings. The van der Waals surface area contributed by atoms with Crippen molar-refractivity contribution in [3.05, 3.63) is 181 Å². The molecule has 0 saturated carbocycles. The Hall–Kier alpha value is -6.76. The molecule has 1 aliphatic rings. The highest BCUT2D eigenvalue weighted by atomic mass is 32.1. The first-order valence-electron chi connectivity index (χ1n) is 18.3. The summed E-state index contributed by atoms with van der Waals surface area (Å²) in [6.45, 7) is 13.4. The Labute approximate surface area is 323 Å². The van der Waals surface area contributed by atoms with Crippen molar-refractivity contribution >= 4 is 54.6 Å². The molecule has 262 valence electrons. The van der Waals surface area contributed by atoms with Gasteiger partial charge in [0.1, 0.15) is 0 Å². The molecule has 0 unspecified atom stereocenters. The van der Waals surface area contributed by atoms with Crippen LogP contribution in [0.5, 0.6) is 0 Å². The van der Waals surface area contributed by atoms with Gasteiger partial charge in [0.15, 0.2) is 17.5 Å². The molecular formula is C49H35N5S. The van der Waals surface area contributed by atoms with E-state index in [2.05, 4.69) is 109 Å². The van der Waals surface area contributed by atoms with Crippen LogP contribution < -0.4 is 0 Å². The number of hydrogen-bond donors (Lipinski definition) is 0. The molecule has 0 N–H and O–H groups in total. The first kappa shape index (κ1) is 32.9. The van der Waals surface area contributed by atoms with Crippen LogP contribution in [0.4, 0.5) is 0 Å². The predicted octanol–water partition coefficient (Wildman–Crippen LogP) is 12.6. The average molecular weight is 726 g/mol. The van der Waals surface area contributed by atoms with Gasteiger partial charge in [0.2, 0.25) is 0 Å². The molecule has 55 heavy (non-hydrogen) atoms. The number of benzene rings is 6. The Balaban J connectivity index is 1.09. The van der Waals surface area contributed by atoms with Gasteiger partial charge in [-0.1, -0.05) is 130 Å². The number of aromatic nitrogens is 5. The Morgan fingerprint density at radius 2 is 1.29 bits per heavy atom. The molecule has 10 rings (SSSR count). The zero-order chi connectivity index (χ0) is 37.3. The molecule has 6 aromatic carbocycles. The van der Waals surface area contributed by atoms with Gasteiger partial charge in [-0.15, -0.1) is 11.3 Å². The van der Waals surface area contributed by atoms with Gasteiger partial charge in [0.25, 0.3) is 0 Å². The molecule has 0 spiro atoms. The minimum atomic E-state index is -0.0796. The van der Waals surface area contributed by atoms with Crippen molar-refractivity contribution in [2.75, 3.05) is 0 Å². The van der Waals surface area contributed by atoms with Gasteiger partial charge in [-0.2, -0.15) is 0 Å². The number of nitrogens with zero attached hydrogens (tertiary/aromatic N) is 5. The van der Waals surface area contributed by atoms with Gasteiger partial charge in [0.05, 0.1) is 26.8 Å². The minimum absolute atomic E-state index is 0.0796. The summed E-state index contributed by atoms with van der Waals surface area (Å²) in [7, 11) is 0. The minimum Gasteiger partial charge on any atom is -0.309 e. The Morgan fingerprint density at radius 1 is 0.655 bits per heavy atom. The van der Waals surface area contributed by atoms with Crippen LogP contribution >= 0.6 is 11.3 Å². The van der Waals surface area contributed by atoms with E-state index in [0.29, 0.717) is 23.0 Å². The lowest BCUT2D eigenvalue weighted by atomic mass is 9.82. The van der Waals surface area contributed by atoms with Crippen LogP contribution in [-0.2, 0) is 5.41 Å². The topological polar surface area (TPSA) is 56.5 Å². The van der Waals surface area contributed by atoms with Gasteiger partial charge in [0, 0.05) is 44.1 Å². The second-order valence-corrected chi connectivity index (χ2v) is 15.4. The van der Waals surface area contributed by atoms with Crippen LogP contribution in [0.25, 0.3) is 88.3 Å². The summed E-state index contributed by atoms with van der Waals surface area (Å²) >= 11 is 1.73. The van der Waals surface area contributed by atoms with E-state index < -0.39 is 0 Å². The molecule has 3 heterocycles. The number of thiazole rings is 1. The molecule has 6 heteroatoms. The first-order chi connectivity index (χ1) is 26.9. The maximum absolute atomic E-state index is 4.92. The maximum Gasteiger partial charge on any atom is 0.164 e. The van der Waals surface area contributed by atoms with Gasteiger partial charge < -0.3 is 4.57 Å². The van der Waals surface area contributed by atoms with Crippen LogP contribution in [0.15, 0.2) is 164 Å². The molecule has 1 aliphatic carbocycles. The van der Waals surface area contributed by atoms with E-state index in [9.17, 15) is 0 Å². The number of fused-ring (bicyclic) bond motifs is 8. The van der Waals surface area contributed by atoms with Crippen molar-refractivity contribution in [3.8, 4) is 45.0 Å². The van der Waals surface area contributed by atoms with Crippen molar-refractivity contribution in [3.63, 3.8) is 0 Å². The largest absolute Gasteiger partial charge is 0.309 e. The van der Waals surface area contributed by atoms with E-state index in [1.54, 1.807) is 11.3 Å². The zero-order valence-electron chi connectivity index (χ0n) is 30.5. The normalized spacial score (nSPS) is 13.3.